The zero-order chi connectivity index (χ0) is 13.8. The molecule has 5 heteroatoms. The Morgan fingerprint density at radius 1 is 1.21 bits per heavy atom. The summed E-state index contributed by atoms with van der Waals surface area (Å²) >= 11 is 0. The van der Waals surface area contributed by atoms with Crippen molar-refractivity contribution in [1.82, 2.24) is 5.43 Å². The first kappa shape index (κ1) is 13.0. The number of amides is 1. The maximum Gasteiger partial charge on any atom is 0.307 e. The van der Waals surface area contributed by atoms with Crippen LogP contribution in [-0.4, -0.2) is 11.6 Å². The Morgan fingerprint density at radius 3 is 2.47 bits per heavy atom. The molecule has 1 aromatic carbocycles. The van der Waals surface area contributed by atoms with Crippen molar-refractivity contribution in [3.05, 3.63) is 59.3 Å². The number of hydrogen-bond donors (Lipinski definition) is 1. The van der Waals surface area contributed by atoms with Crippen molar-refractivity contribution in [3.63, 3.8) is 0 Å². The molecule has 98 valence electrons. The Morgan fingerprint density at radius 2 is 1.89 bits per heavy atom. The highest BCUT2D eigenvalue weighted by molar-refractivity contribution is 6.00. The second-order valence-corrected chi connectivity index (χ2v) is 4.06. The first-order valence-corrected chi connectivity index (χ1v) is 5.73. The molecule has 0 fully saturated rings. The van der Waals surface area contributed by atoms with Crippen molar-refractivity contribution < 1.29 is 13.6 Å². The molecular formula is C14H13FN2O2. The molecule has 0 aliphatic heterocycles. The number of hydrazone groups is 1. The molecular weight excluding hydrogens is 247 g/mol. The molecule has 1 N–H and O–H groups in total. The number of nitrogens with one attached hydrogen (secondary N) is 1. The fourth-order valence-electron chi connectivity index (χ4n) is 1.50. The van der Waals surface area contributed by atoms with Crippen molar-refractivity contribution in [2.45, 2.75) is 13.8 Å². The van der Waals surface area contributed by atoms with E-state index in [9.17, 15) is 9.18 Å². The molecule has 0 unspecified atom stereocenters. The third-order valence-electron chi connectivity index (χ3n) is 2.55. The number of benzene rings is 1. The Labute approximate surface area is 109 Å². The van der Waals surface area contributed by atoms with E-state index in [-0.39, 0.29) is 11.6 Å². The lowest BCUT2D eigenvalue weighted by Gasteiger charge is -2.01. The number of halogens is 1. The smallest absolute Gasteiger partial charge is 0.307 e. The zero-order valence-corrected chi connectivity index (χ0v) is 10.6. The van der Waals surface area contributed by atoms with E-state index >= 15 is 0 Å². The first-order chi connectivity index (χ1) is 9.06. The number of aryl methyl sites for hydroxylation is 1. The lowest BCUT2D eigenvalue weighted by molar-refractivity contribution is 0.0926. The summed E-state index contributed by atoms with van der Waals surface area (Å²) in [6.07, 6.45) is 0. The summed E-state index contributed by atoms with van der Waals surface area (Å²) in [7, 11) is 0. The number of carbonyl (C=O) groups is 1. The van der Waals surface area contributed by atoms with Crippen LogP contribution in [0.25, 0.3) is 0 Å². The summed E-state index contributed by atoms with van der Waals surface area (Å²) in [4.78, 5) is 11.7. The minimum absolute atomic E-state index is 0.202. The third-order valence-corrected chi connectivity index (χ3v) is 2.55. The van der Waals surface area contributed by atoms with Crippen molar-refractivity contribution in [2.75, 3.05) is 0 Å². The van der Waals surface area contributed by atoms with Crippen molar-refractivity contribution >= 4 is 11.6 Å². The summed E-state index contributed by atoms with van der Waals surface area (Å²) in [5.41, 5.74) is 3.70. The van der Waals surface area contributed by atoms with Gasteiger partial charge in [0.15, 0.2) is 5.76 Å². The number of nitrogens with zero attached hydrogens (tertiary/aromatic N) is 1. The van der Waals surface area contributed by atoms with Gasteiger partial charge in [-0.15, -0.1) is 0 Å². The van der Waals surface area contributed by atoms with Gasteiger partial charge in [0.1, 0.15) is 11.6 Å². The highest BCUT2D eigenvalue weighted by atomic mass is 19.1. The largest absolute Gasteiger partial charge is 0.456 e. The Kier molecular flexibility index (Phi) is 3.75. The van der Waals surface area contributed by atoms with E-state index in [1.807, 2.05) is 0 Å². The van der Waals surface area contributed by atoms with Gasteiger partial charge in [0.2, 0.25) is 0 Å². The van der Waals surface area contributed by atoms with Crippen molar-refractivity contribution in [1.29, 1.82) is 0 Å². The van der Waals surface area contributed by atoms with Crippen LogP contribution in [0.4, 0.5) is 4.39 Å². The van der Waals surface area contributed by atoms with Crippen molar-refractivity contribution in [2.24, 2.45) is 5.10 Å². The van der Waals surface area contributed by atoms with Crippen LogP contribution in [0.15, 0.2) is 45.9 Å². The summed E-state index contributed by atoms with van der Waals surface area (Å²) in [6.45, 7) is 3.48. The zero-order valence-electron chi connectivity index (χ0n) is 10.6. The van der Waals surface area contributed by atoms with Gasteiger partial charge < -0.3 is 4.42 Å². The van der Waals surface area contributed by atoms with Crippen LogP contribution in [0.5, 0.6) is 0 Å². The van der Waals surface area contributed by atoms with Gasteiger partial charge in [-0.05, 0) is 43.7 Å². The lowest BCUT2D eigenvalue weighted by atomic mass is 10.1. The Balaban J connectivity index is 2.06. The molecule has 0 saturated carbocycles. The standard InChI is InChI=1S/C14H13FN2O2/c1-9-3-8-13(19-9)14(18)17-16-10(2)11-4-6-12(15)7-5-11/h3-8H,1-2H3,(H,17,18). The molecule has 0 aliphatic rings. The van der Waals surface area contributed by atoms with Gasteiger partial charge in [-0.1, -0.05) is 12.1 Å². The van der Waals surface area contributed by atoms with E-state index < -0.39 is 5.91 Å². The van der Waals surface area contributed by atoms with Crippen LogP contribution in [0.3, 0.4) is 0 Å². The second kappa shape index (κ2) is 5.48. The van der Waals surface area contributed by atoms with Crippen molar-refractivity contribution in [3.8, 4) is 0 Å². The molecule has 0 saturated heterocycles. The van der Waals surface area contributed by atoms with Gasteiger partial charge in [0.25, 0.3) is 0 Å². The van der Waals surface area contributed by atoms with E-state index in [1.54, 1.807) is 38.1 Å². The molecule has 2 rings (SSSR count). The lowest BCUT2D eigenvalue weighted by Crippen LogP contribution is -2.18. The summed E-state index contributed by atoms with van der Waals surface area (Å²) < 4.78 is 17.9. The van der Waals surface area contributed by atoms with Crippen LogP contribution in [-0.2, 0) is 0 Å². The van der Waals surface area contributed by atoms with Gasteiger partial charge >= 0.3 is 5.91 Å². The average Bonchev–Trinajstić information content (AvgIpc) is 2.83. The molecule has 1 amide bonds. The Bertz CT molecular complexity index is 615. The SMILES string of the molecule is CC(=NNC(=O)c1ccc(C)o1)c1ccc(F)cc1. The molecule has 1 aromatic heterocycles. The fraction of sp³-hybridized carbons (Fsp3) is 0.143. The molecule has 0 bridgehead atoms. The van der Waals surface area contributed by atoms with Gasteiger partial charge in [0.05, 0.1) is 5.71 Å². The quantitative estimate of drug-likeness (QED) is 0.681. The number of carbonyl (C=O) groups excluding carboxylic acids is 1. The van der Waals surface area contributed by atoms with E-state index in [1.165, 1.54) is 12.1 Å². The summed E-state index contributed by atoms with van der Waals surface area (Å²) in [5.74, 6) is 0.124. The fourth-order valence-corrected chi connectivity index (χ4v) is 1.50. The minimum Gasteiger partial charge on any atom is -0.456 e. The van der Waals surface area contributed by atoms with E-state index in [4.69, 9.17) is 4.42 Å². The maximum absolute atomic E-state index is 12.8. The van der Waals surface area contributed by atoms with Gasteiger partial charge in [-0.3, -0.25) is 4.79 Å². The summed E-state index contributed by atoms with van der Waals surface area (Å²) in [5, 5.41) is 3.94. The maximum atomic E-state index is 12.8. The highest BCUT2D eigenvalue weighted by Crippen LogP contribution is 2.06. The van der Waals surface area contributed by atoms with Crippen LogP contribution in [0.2, 0.25) is 0 Å². The number of rotatable bonds is 3. The van der Waals surface area contributed by atoms with Gasteiger partial charge in [-0.25, -0.2) is 9.82 Å². The van der Waals surface area contributed by atoms with Crippen LogP contribution >= 0.6 is 0 Å². The predicted octanol–water partition coefficient (Wildman–Crippen LogP) is 2.88. The Hall–Kier alpha value is -2.43. The van der Waals surface area contributed by atoms with Gasteiger partial charge in [-0.2, -0.15) is 5.10 Å². The molecule has 19 heavy (non-hydrogen) atoms. The number of hydrogen-bond acceptors (Lipinski definition) is 3. The molecule has 4 nitrogen and oxygen atoms in total. The minimum atomic E-state index is -0.422. The molecule has 0 radical (unpaired) electrons. The molecule has 1 heterocycles. The highest BCUT2D eigenvalue weighted by Gasteiger charge is 2.08. The monoisotopic (exact) mass is 260 g/mol. The van der Waals surface area contributed by atoms with Crippen LogP contribution in [0.1, 0.15) is 28.8 Å². The molecule has 0 atom stereocenters. The first-order valence-electron chi connectivity index (χ1n) is 5.73. The van der Waals surface area contributed by atoms with E-state index in [2.05, 4.69) is 10.5 Å². The van der Waals surface area contributed by atoms with E-state index in [0.717, 1.165) is 5.56 Å². The van der Waals surface area contributed by atoms with Crippen LogP contribution < -0.4 is 5.43 Å². The average molecular weight is 260 g/mol. The molecule has 0 spiro atoms. The number of furan rings is 1. The summed E-state index contributed by atoms with van der Waals surface area (Å²) in [6, 6.07) is 9.14. The van der Waals surface area contributed by atoms with E-state index in [0.29, 0.717) is 11.5 Å². The third kappa shape index (κ3) is 3.28. The van der Waals surface area contributed by atoms with Gasteiger partial charge in [0, 0.05) is 0 Å². The molecule has 0 aliphatic carbocycles. The van der Waals surface area contributed by atoms with Crippen LogP contribution in [0, 0.1) is 12.7 Å². The second-order valence-electron chi connectivity index (χ2n) is 4.06. The molecule has 2 aromatic rings. The topological polar surface area (TPSA) is 54.6 Å². The normalized spacial score (nSPS) is 11.4. The predicted molar refractivity (Wildman–Crippen MR) is 69.5 cm³/mol.